The fourth-order valence-corrected chi connectivity index (χ4v) is 3.70. The maximum absolute atomic E-state index is 14.7. The van der Waals surface area contributed by atoms with E-state index in [9.17, 15) is 4.39 Å². The van der Waals surface area contributed by atoms with Gasteiger partial charge in [-0.1, -0.05) is 24.3 Å². The number of dihydropyridines is 1. The Labute approximate surface area is 191 Å². The maximum atomic E-state index is 14.7. The Morgan fingerprint density at radius 1 is 1.12 bits per heavy atom. The van der Waals surface area contributed by atoms with E-state index in [0.717, 1.165) is 27.7 Å². The quantitative estimate of drug-likeness (QED) is 0.505. The molecule has 0 saturated heterocycles. The summed E-state index contributed by atoms with van der Waals surface area (Å²) < 4.78 is 14.7. The molecule has 0 aliphatic carbocycles. The Balaban J connectivity index is 1.98. The van der Waals surface area contributed by atoms with Crippen molar-refractivity contribution in [3.63, 3.8) is 0 Å². The average Bonchev–Trinajstić information content (AvgIpc) is 2.79. The van der Waals surface area contributed by atoms with Gasteiger partial charge in [0.15, 0.2) is 5.84 Å². The van der Waals surface area contributed by atoms with Crippen LogP contribution in [0.15, 0.2) is 83.3 Å². The summed E-state index contributed by atoms with van der Waals surface area (Å²) in [6.45, 7) is 6.08. The third-order valence-corrected chi connectivity index (χ3v) is 5.27. The third kappa shape index (κ3) is 3.97. The van der Waals surface area contributed by atoms with Crippen LogP contribution in [0.5, 0.6) is 0 Å². The lowest BCUT2D eigenvalue weighted by atomic mass is 9.91. The molecule has 1 aliphatic rings. The van der Waals surface area contributed by atoms with Crippen LogP contribution in [0.2, 0.25) is 5.02 Å². The molecular weight excluding hydrogens is 425 g/mol. The van der Waals surface area contributed by atoms with Gasteiger partial charge < -0.3 is 4.90 Å². The summed E-state index contributed by atoms with van der Waals surface area (Å²) in [5, 5.41) is 2.27. The number of amidine groups is 1. The number of anilines is 1. The van der Waals surface area contributed by atoms with E-state index in [1.54, 1.807) is 43.0 Å². The molecule has 0 N–H and O–H groups in total. The van der Waals surface area contributed by atoms with Crippen molar-refractivity contribution in [2.45, 2.75) is 6.92 Å². The summed E-state index contributed by atoms with van der Waals surface area (Å²) in [4.78, 5) is 19.9. The van der Waals surface area contributed by atoms with Crippen molar-refractivity contribution in [3.8, 4) is 0 Å². The molecule has 0 radical (unpaired) electrons. The smallest absolute Gasteiger partial charge is 0.159 e. The number of nitrogens with zero attached hydrogens (tertiary/aromatic N) is 5. The van der Waals surface area contributed by atoms with Crippen LogP contribution in [0.1, 0.15) is 18.1 Å². The maximum Gasteiger partial charge on any atom is 0.159 e. The Bertz CT molecular complexity index is 1350. The van der Waals surface area contributed by atoms with Crippen LogP contribution in [0, 0.1) is 5.82 Å². The normalized spacial score (nSPS) is 15.4. The number of hydrogen-bond acceptors (Lipinski definition) is 4. The summed E-state index contributed by atoms with van der Waals surface area (Å²) in [7, 11) is 3.86. The van der Waals surface area contributed by atoms with Crippen LogP contribution in [0.3, 0.4) is 0 Å². The molecule has 160 valence electrons. The SMILES string of the molecule is C=C1C(c2cnc(N(C)C)c3cnccc23)=CC(c2cc(Cl)ccc2F)=NC1=N/C=C\C. The number of benzene rings is 1. The second-order valence-corrected chi connectivity index (χ2v) is 7.84. The van der Waals surface area contributed by atoms with Crippen LogP contribution in [-0.2, 0) is 0 Å². The molecule has 0 amide bonds. The number of aromatic nitrogens is 2. The van der Waals surface area contributed by atoms with Gasteiger partial charge in [-0.15, -0.1) is 0 Å². The predicted molar refractivity (Wildman–Crippen MR) is 131 cm³/mol. The van der Waals surface area contributed by atoms with Crippen LogP contribution in [-0.4, -0.2) is 35.6 Å². The largest absolute Gasteiger partial charge is 0.362 e. The minimum atomic E-state index is -0.420. The van der Waals surface area contributed by atoms with Gasteiger partial charge in [-0.3, -0.25) is 4.98 Å². The standard InChI is InChI=1S/C25H21ClFN5/c1-5-9-29-24-15(2)18(12-23(31-24)19-11-16(26)6-7-22(19)27)20-14-30-25(32(3)4)21-13-28-10-8-17(20)21/h5-14H,2H2,1,3-4H3/b9-5-,29-24?. The highest BCUT2D eigenvalue weighted by molar-refractivity contribution is 6.32. The number of aliphatic imine (C=N–C) groups is 2. The van der Waals surface area contributed by atoms with E-state index in [4.69, 9.17) is 11.6 Å². The molecule has 32 heavy (non-hydrogen) atoms. The monoisotopic (exact) mass is 445 g/mol. The highest BCUT2D eigenvalue weighted by atomic mass is 35.5. The van der Waals surface area contributed by atoms with Gasteiger partial charge in [0.2, 0.25) is 0 Å². The summed E-state index contributed by atoms with van der Waals surface area (Å²) in [6, 6.07) is 6.32. The first-order chi connectivity index (χ1) is 15.4. The topological polar surface area (TPSA) is 53.7 Å². The molecule has 4 rings (SSSR count). The predicted octanol–water partition coefficient (Wildman–Crippen LogP) is 5.86. The van der Waals surface area contributed by atoms with Crippen LogP contribution >= 0.6 is 11.6 Å². The first-order valence-corrected chi connectivity index (χ1v) is 10.3. The highest BCUT2D eigenvalue weighted by Crippen LogP contribution is 2.35. The molecule has 3 aromatic rings. The van der Waals surface area contributed by atoms with Gasteiger partial charge in [0.05, 0.1) is 5.71 Å². The second-order valence-electron chi connectivity index (χ2n) is 7.40. The number of fused-ring (bicyclic) bond motifs is 1. The number of allylic oxidation sites excluding steroid dienone is 2. The fraction of sp³-hybridized carbons (Fsp3) is 0.120. The van der Waals surface area contributed by atoms with Crippen molar-refractivity contribution < 1.29 is 4.39 Å². The molecule has 1 aliphatic heterocycles. The van der Waals surface area contributed by atoms with E-state index < -0.39 is 5.82 Å². The minimum Gasteiger partial charge on any atom is -0.362 e. The summed E-state index contributed by atoms with van der Waals surface area (Å²) >= 11 is 6.14. The van der Waals surface area contributed by atoms with E-state index in [-0.39, 0.29) is 0 Å². The van der Waals surface area contributed by atoms with Gasteiger partial charge in [0.25, 0.3) is 0 Å². The summed E-state index contributed by atoms with van der Waals surface area (Å²) in [5.74, 6) is 0.780. The van der Waals surface area contributed by atoms with Crippen LogP contribution in [0.4, 0.5) is 10.2 Å². The van der Waals surface area contributed by atoms with Gasteiger partial charge in [0.1, 0.15) is 11.6 Å². The van der Waals surface area contributed by atoms with Gasteiger partial charge in [-0.2, -0.15) is 0 Å². The summed E-state index contributed by atoms with van der Waals surface area (Å²) in [6.07, 6.45) is 10.5. The summed E-state index contributed by atoms with van der Waals surface area (Å²) in [5.41, 5.74) is 2.91. The van der Waals surface area contributed by atoms with E-state index in [2.05, 4.69) is 26.5 Å². The van der Waals surface area contributed by atoms with Gasteiger partial charge >= 0.3 is 0 Å². The average molecular weight is 446 g/mol. The van der Waals surface area contributed by atoms with Crippen molar-refractivity contribution in [2.24, 2.45) is 9.98 Å². The van der Waals surface area contributed by atoms with Gasteiger partial charge in [-0.25, -0.2) is 19.4 Å². The van der Waals surface area contributed by atoms with Crippen molar-refractivity contribution >= 4 is 45.3 Å². The van der Waals surface area contributed by atoms with Crippen LogP contribution in [0.25, 0.3) is 16.3 Å². The molecule has 1 aromatic carbocycles. The zero-order valence-electron chi connectivity index (χ0n) is 18.0. The third-order valence-electron chi connectivity index (χ3n) is 5.03. The van der Waals surface area contributed by atoms with Crippen molar-refractivity contribution in [1.82, 2.24) is 9.97 Å². The highest BCUT2D eigenvalue weighted by Gasteiger charge is 2.23. The molecular formula is C25H21ClFN5. The Morgan fingerprint density at radius 3 is 2.69 bits per heavy atom. The van der Waals surface area contributed by atoms with Crippen molar-refractivity contribution in [3.05, 3.63) is 95.3 Å². The Morgan fingerprint density at radius 2 is 1.94 bits per heavy atom. The Hall–Kier alpha value is -3.64. The molecule has 0 spiro atoms. The number of halogens is 2. The lowest BCUT2D eigenvalue weighted by Crippen LogP contribution is -2.15. The van der Waals surface area contributed by atoms with E-state index in [0.29, 0.717) is 27.7 Å². The van der Waals surface area contributed by atoms with Crippen molar-refractivity contribution in [1.29, 1.82) is 0 Å². The molecule has 3 heterocycles. The number of rotatable bonds is 4. The Kier molecular flexibility index (Phi) is 5.97. The van der Waals surface area contributed by atoms with E-state index >= 15 is 0 Å². The van der Waals surface area contributed by atoms with Crippen molar-refractivity contribution in [2.75, 3.05) is 19.0 Å². The second kappa shape index (κ2) is 8.85. The zero-order valence-corrected chi connectivity index (χ0v) is 18.7. The fourth-order valence-electron chi connectivity index (χ4n) is 3.53. The lowest BCUT2D eigenvalue weighted by molar-refractivity contribution is 0.625. The molecule has 7 heteroatoms. The van der Waals surface area contributed by atoms with Gasteiger partial charge in [0, 0.05) is 66.0 Å². The molecule has 0 bridgehead atoms. The molecule has 0 fully saturated rings. The lowest BCUT2D eigenvalue weighted by Gasteiger charge is -2.21. The molecule has 0 unspecified atom stereocenters. The van der Waals surface area contributed by atoms with E-state index in [1.807, 2.05) is 32.0 Å². The first kappa shape index (κ1) is 21.6. The van der Waals surface area contributed by atoms with E-state index in [1.165, 1.54) is 12.1 Å². The zero-order chi connectivity index (χ0) is 22.8. The van der Waals surface area contributed by atoms with Gasteiger partial charge in [-0.05, 0) is 48.2 Å². The molecule has 2 aromatic heterocycles. The molecule has 0 saturated carbocycles. The molecule has 0 atom stereocenters. The van der Waals surface area contributed by atoms with Crippen LogP contribution < -0.4 is 4.90 Å². The number of hydrogen-bond donors (Lipinski definition) is 0. The molecule has 5 nitrogen and oxygen atoms in total. The first-order valence-electron chi connectivity index (χ1n) is 9.95. The number of pyridine rings is 2. The minimum absolute atomic E-state index is 0.291.